The summed E-state index contributed by atoms with van der Waals surface area (Å²) in [6.07, 6.45) is 1.57. The molecule has 0 saturated carbocycles. The molecule has 3 aromatic rings. The highest BCUT2D eigenvalue weighted by Gasteiger charge is 2.37. The molecule has 1 aliphatic heterocycles. The number of hydrogen-bond acceptors (Lipinski definition) is 5. The van der Waals surface area contributed by atoms with Gasteiger partial charge in [0.1, 0.15) is 17.3 Å². The average molecular weight is 481 g/mol. The number of aromatic amines is 1. The molecular formula is C26H29FN4O4. The summed E-state index contributed by atoms with van der Waals surface area (Å²) in [7, 11) is 4.86. The summed E-state index contributed by atoms with van der Waals surface area (Å²) < 4.78 is 24.2. The molecule has 184 valence electrons. The first-order valence-electron chi connectivity index (χ1n) is 11.5. The highest BCUT2D eigenvalue weighted by atomic mass is 19.1. The van der Waals surface area contributed by atoms with Crippen LogP contribution in [-0.4, -0.2) is 61.3 Å². The molecule has 0 bridgehead atoms. The molecule has 1 aromatic heterocycles. The zero-order valence-electron chi connectivity index (χ0n) is 20.1. The Morgan fingerprint density at radius 1 is 1.20 bits per heavy atom. The lowest BCUT2D eigenvalue weighted by Gasteiger charge is -2.22. The smallest absolute Gasteiger partial charge is 0.227 e. The Labute approximate surface area is 203 Å². The van der Waals surface area contributed by atoms with Gasteiger partial charge in [-0.15, -0.1) is 0 Å². The number of benzene rings is 2. The number of ether oxygens (including phenoxy) is 2. The molecule has 35 heavy (non-hydrogen) atoms. The van der Waals surface area contributed by atoms with Gasteiger partial charge >= 0.3 is 0 Å². The van der Waals surface area contributed by atoms with E-state index in [0.29, 0.717) is 48.0 Å². The second-order valence-corrected chi connectivity index (χ2v) is 8.60. The van der Waals surface area contributed by atoms with Crippen molar-refractivity contribution in [2.45, 2.75) is 19.3 Å². The molecule has 4 rings (SSSR count). The Hall–Kier alpha value is -3.88. The fraction of sp³-hybridized carbons (Fsp3) is 0.346. The van der Waals surface area contributed by atoms with Gasteiger partial charge in [-0.25, -0.2) is 4.39 Å². The van der Waals surface area contributed by atoms with Crippen LogP contribution in [0.1, 0.15) is 18.5 Å². The van der Waals surface area contributed by atoms with Crippen LogP contribution in [0.4, 0.5) is 10.1 Å². The summed E-state index contributed by atoms with van der Waals surface area (Å²) in [6.45, 7) is 0.837. The molecular weight excluding hydrogens is 451 g/mol. The van der Waals surface area contributed by atoms with E-state index in [-0.39, 0.29) is 24.1 Å². The van der Waals surface area contributed by atoms with Crippen molar-refractivity contribution in [3.63, 3.8) is 0 Å². The van der Waals surface area contributed by atoms with Crippen LogP contribution in [0.15, 0.2) is 48.5 Å². The number of nitrogens with zero attached hydrogens (tertiary/aromatic N) is 3. The molecule has 0 spiro atoms. The van der Waals surface area contributed by atoms with Gasteiger partial charge in [0.2, 0.25) is 11.8 Å². The van der Waals surface area contributed by atoms with Gasteiger partial charge in [-0.1, -0.05) is 12.1 Å². The minimum atomic E-state index is -0.421. The summed E-state index contributed by atoms with van der Waals surface area (Å²) in [5.41, 5.74) is 2.91. The first-order valence-corrected chi connectivity index (χ1v) is 11.5. The second kappa shape index (κ2) is 10.6. The molecule has 2 aromatic carbocycles. The third-order valence-electron chi connectivity index (χ3n) is 6.22. The number of H-pyrrole nitrogens is 1. The van der Waals surface area contributed by atoms with Crippen molar-refractivity contribution in [2.24, 2.45) is 5.92 Å². The Balaban J connectivity index is 1.32. The lowest BCUT2D eigenvalue weighted by molar-refractivity contribution is -0.134. The van der Waals surface area contributed by atoms with E-state index in [4.69, 9.17) is 9.47 Å². The van der Waals surface area contributed by atoms with Gasteiger partial charge in [-0.3, -0.25) is 14.7 Å². The van der Waals surface area contributed by atoms with Crippen LogP contribution in [0.3, 0.4) is 0 Å². The standard InChI is InChI=1S/C26H29FN4O4/c1-30(11-5-8-20-14-22(29-28-20)17-6-4-7-19(27)12-17)26(33)18-13-25(32)31(16-18)23-15-21(34-2)9-10-24(23)35-3/h4,6-7,9-10,12,14-15,18H,5,8,11,13,16H2,1-3H3,(H,28,29). The van der Waals surface area contributed by atoms with E-state index >= 15 is 0 Å². The van der Waals surface area contributed by atoms with Gasteiger partial charge in [0.25, 0.3) is 0 Å². The predicted molar refractivity (Wildman–Crippen MR) is 130 cm³/mol. The number of aryl methyl sites for hydroxylation is 1. The van der Waals surface area contributed by atoms with Crippen molar-refractivity contribution in [2.75, 3.05) is 39.3 Å². The highest BCUT2D eigenvalue weighted by Crippen LogP contribution is 2.36. The third-order valence-corrected chi connectivity index (χ3v) is 6.22. The third kappa shape index (κ3) is 5.45. The van der Waals surface area contributed by atoms with Crippen LogP contribution in [0, 0.1) is 11.7 Å². The SMILES string of the molecule is COc1ccc(OC)c(N2CC(C(=O)N(C)CCCc3cc(-c4cccc(F)c4)n[nH]3)CC2=O)c1. The van der Waals surface area contributed by atoms with Crippen LogP contribution in [0.25, 0.3) is 11.3 Å². The molecule has 2 amide bonds. The van der Waals surface area contributed by atoms with Gasteiger partial charge in [0.15, 0.2) is 0 Å². The van der Waals surface area contributed by atoms with Crippen LogP contribution >= 0.6 is 0 Å². The fourth-order valence-electron chi connectivity index (χ4n) is 4.33. The number of carbonyl (C=O) groups excluding carboxylic acids is 2. The molecule has 0 aliphatic carbocycles. The van der Waals surface area contributed by atoms with E-state index < -0.39 is 5.92 Å². The zero-order valence-corrected chi connectivity index (χ0v) is 20.1. The van der Waals surface area contributed by atoms with Crippen molar-refractivity contribution in [1.29, 1.82) is 0 Å². The number of aromatic nitrogens is 2. The Morgan fingerprint density at radius 3 is 2.77 bits per heavy atom. The van der Waals surface area contributed by atoms with Crippen LogP contribution in [0.2, 0.25) is 0 Å². The maximum Gasteiger partial charge on any atom is 0.227 e. The van der Waals surface area contributed by atoms with E-state index in [1.165, 1.54) is 12.1 Å². The fourth-order valence-corrected chi connectivity index (χ4v) is 4.33. The molecule has 1 atom stereocenters. The number of amides is 2. The van der Waals surface area contributed by atoms with Crippen molar-refractivity contribution in [1.82, 2.24) is 15.1 Å². The normalized spacial score (nSPS) is 15.4. The predicted octanol–water partition coefficient (Wildman–Crippen LogP) is 3.68. The summed E-state index contributed by atoms with van der Waals surface area (Å²) in [6, 6.07) is 13.5. The number of halogens is 1. The molecule has 0 radical (unpaired) electrons. The van der Waals surface area contributed by atoms with E-state index in [9.17, 15) is 14.0 Å². The number of methoxy groups -OCH3 is 2. The second-order valence-electron chi connectivity index (χ2n) is 8.60. The molecule has 2 heterocycles. The molecule has 1 aliphatic rings. The monoisotopic (exact) mass is 480 g/mol. The first kappa shape index (κ1) is 24.3. The average Bonchev–Trinajstić information content (AvgIpc) is 3.50. The number of rotatable bonds is 9. The van der Waals surface area contributed by atoms with Crippen molar-refractivity contribution in [3.8, 4) is 22.8 Å². The lowest BCUT2D eigenvalue weighted by atomic mass is 10.1. The van der Waals surface area contributed by atoms with E-state index in [2.05, 4.69) is 10.2 Å². The maximum atomic E-state index is 13.5. The van der Waals surface area contributed by atoms with E-state index in [0.717, 1.165) is 12.1 Å². The van der Waals surface area contributed by atoms with Crippen molar-refractivity contribution < 1.29 is 23.5 Å². The van der Waals surface area contributed by atoms with E-state index in [1.54, 1.807) is 55.3 Å². The molecule has 1 fully saturated rings. The quantitative estimate of drug-likeness (QED) is 0.505. The number of nitrogens with one attached hydrogen (secondary N) is 1. The van der Waals surface area contributed by atoms with Crippen LogP contribution < -0.4 is 14.4 Å². The molecule has 1 unspecified atom stereocenters. The van der Waals surface area contributed by atoms with E-state index in [1.807, 2.05) is 12.1 Å². The minimum absolute atomic E-state index is 0.0622. The zero-order chi connectivity index (χ0) is 24.9. The number of hydrogen-bond donors (Lipinski definition) is 1. The summed E-state index contributed by atoms with van der Waals surface area (Å²) >= 11 is 0. The molecule has 1 saturated heterocycles. The first-order chi connectivity index (χ1) is 16.9. The van der Waals surface area contributed by atoms with Crippen molar-refractivity contribution in [3.05, 3.63) is 60.0 Å². The summed E-state index contributed by atoms with van der Waals surface area (Å²) in [5.74, 6) is 0.257. The number of carbonyl (C=O) groups is 2. The highest BCUT2D eigenvalue weighted by molar-refractivity contribution is 6.01. The topological polar surface area (TPSA) is 87.8 Å². The van der Waals surface area contributed by atoms with Gasteiger partial charge in [-0.2, -0.15) is 5.10 Å². The molecule has 1 N–H and O–H groups in total. The minimum Gasteiger partial charge on any atom is -0.497 e. The molecule has 9 heteroatoms. The van der Waals surface area contributed by atoms with Crippen LogP contribution in [0.5, 0.6) is 11.5 Å². The Bertz CT molecular complexity index is 1210. The molecule has 8 nitrogen and oxygen atoms in total. The van der Waals surface area contributed by atoms with Crippen molar-refractivity contribution >= 4 is 17.5 Å². The lowest BCUT2D eigenvalue weighted by Crippen LogP contribution is -2.35. The van der Waals surface area contributed by atoms with Gasteiger partial charge < -0.3 is 19.3 Å². The maximum absolute atomic E-state index is 13.5. The number of anilines is 1. The Morgan fingerprint density at radius 2 is 2.03 bits per heavy atom. The Kier molecular flexibility index (Phi) is 7.33. The van der Waals surface area contributed by atoms with Gasteiger partial charge in [0, 0.05) is 43.9 Å². The largest absolute Gasteiger partial charge is 0.497 e. The summed E-state index contributed by atoms with van der Waals surface area (Å²) in [4.78, 5) is 29.1. The summed E-state index contributed by atoms with van der Waals surface area (Å²) in [5, 5.41) is 7.24. The van der Waals surface area contributed by atoms with Gasteiger partial charge in [0.05, 0.1) is 31.5 Å². The van der Waals surface area contributed by atoms with Crippen LogP contribution in [-0.2, 0) is 16.0 Å². The van der Waals surface area contributed by atoms with Gasteiger partial charge in [-0.05, 0) is 43.2 Å².